The number of hydrogen-bond donors (Lipinski definition) is 1. The van der Waals surface area contributed by atoms with E-state index in [4.69, 9.17) is 0 Å². The van der Waals surface area contributed by atoms with E-state index in [1.165, 1.54) is 18.7 Å². The Morgan fingerprint density at radius 2 is 2.44 bits per heavy atom. The second-order valence-corrected chi connectivity index (χ2v) is 5.61. The van der Waals surface area contributed by atoms with Gasteiger partial charge in [0.2, 0.25) is 0 Å². The van der Waals surface area contributed by atoms with Crippen molar-refractivity contribution in [1.29, 1.82) is 0 Å². The fraction of sp³-hybridized carbons (Fsp3) is 0.727. The van der Waals surface area contributed by atoms with Crippen LogP contribution in [0.15, 0.2) is 10.9 Å². The van der Waals surface area contributed by atoms with E-state index in [2.05, 4.69) is 34.6 Å². The Hall–Kier alpha value is -0.160. The van der Waals surface area contributed by atoms with E-state index in [9.17, 15) is 0 Å². The largest absolute Gasteiger partial charge is 0.316 e. The number of rotatable bonds is 4. The summed E-state index contributed by atoms with van der Waals surface area (Å²) in [6.45, 7) is 6.80. The van der Waals surface area contributed by atoms with E-state index in [0.717, 1.165) is 19.6 Å². The first kappa shape index (κ1) is 13.9. The monoisotopic (exact) mass is 261 g/mol. The average Bonchev–Trinajstić information content (AvgIpc) is 2.76. The van der Waals surface area contributed by atoms with Crippen molar-refractivity contribution in [1.82, 2.24) is 15.2 Å². The topological polar surface area (TPSA) is 28.2 Å². The summed E-state index contributed by atoms with van der Waals surface area (Å²) >= 11 is 1.67. The third-order valence-corrected chi connectivity index (χ3v) is 3.66. The van der Waals surface area contributed by atoms with Crippen LogP contribution in [0, 0.1) is 5.41 Å². The Morgan fingerprint density at radius 1 is 1.62 bits per heavy atom. The molecule has 1 saturated heterocycles. The predicted molar refractivity (Wildman–Crippen MR) is 71.3 cm³/mol. The highest BCUT2D eigenvalue weighted by Crippen LogP contribution is 2.25. The molecule has 1 aliphatic rings. The van der Waals surface area contributed by atoms with Crippen molar-refractivity contribution in [3.63, 3.8) is 0 Å². The molecule has 1 atom stereocenters. The highest BCUT2D eigenvalue weighted by molar-refractivity contribution is 7.07. The van der Waals surface area contributed by atoms with E-state index in [-0.39, 0.29) is 12.4 Å². The molecule has 2 rings (SSSR count). The maximum atomic E-state index is 4.31. The summed E-state index contributed by atoms with van der Waals surface area (Å²) in [5.41, 5.74) is 3.55. The fourth-order valence-corrected chi connectivity index (χ4v) is 2.85. The Labute approximate surface area is 108 Å². The van der Waals surface area contributed by atoms with Crippen molar-refractivity contribution in [3.8, 4) is 0 Å². The van der Waals surface area contributed by atoms with Gasteiger partial charge in [0.15, 0.2) is 0 Å². The molecule has 0 aromatic carbocycles. The van der Waals surface area contributed by atoms with Gasteiger partial charge in [-0.1, -0.05) is 6.92 Å². The van der Waals surface area contributed by atoms with E-state index >= 15 is 0 Å². The van der Waals surface area contributed by atoms with Crippen LogP contribution in [0.4, 0.5) is 0 Å². The number of thiazole rings is 1. The molecule has 92 valence electrons. The second kappa shape index (κ2) is 5.96. The van der Waals surface area contributed by atoms with Crippen LogP contribution < -0.4 is 5.32 Å². The van der Waals surface area contributed by atoms with Crippen molar-refractivity contribution < 1.29 is 0 Å². The minimum absolute atomic E-state index is 0. The lowest BCUT2D eigenvalue weighted by molar-refractivity contribution is 0.202. The quantitative estimate of drug-likeness (QED) is 0.899. The van der Waals surface area contributed by atoms with Crippen LogP contribution >= 0.6 is 23.7 Å². The molecule has 1 aromatic rings. The zero-order valence-electron chi connectivity index (χ0n) is 9.90. The molecule has 2 heterocycles. The Morgan fingerprint density at radius 3 is 3.00 bits per heavy atom. The van der Waals surface area contributed by atoms with Gasteiger partial charge in [-0.2, -0.15) is 0 Å². The lowest BCUT2D eigenvalue weighted by atomic mass is 9.89. The van der Waals surface area contributed by atoms with E-state index in [1.54, 1.807) is 11.3 Å². The number of halogens is 1. The summed E-state index contributed by atoms with van der Waals surface area (Å²) in [5, 5.41) is 5.57. The SMILES string of the molecule is CN(Cc1cscn1)CC1(C)CCNC1.Cl. The lowest BCUT2D eigenvalue weighted by Gasteiger charge is -2.28. The van der Waals surface area contributed by atoms with Gasteiger partial charge in [-0.15, -0.1) is 23.7 Å². The van der Waals surface area contributed by atoms with Crippen LogP contribution in [0.3, 0.4) is 0 Å². The third kappa shape index (κ3) is 3.70. The van der Waals surface area contributed by atoms with Gasteiger partial charge < -0.3 is 5.32 Å². The number of aromatic nitrogens is 1. The molecule has 0 aliphatic carbocycles. The molecule has 1 N–H and O–H groups in total. The maximum absolute atomic E-state index is 4.31. The van der Waals surface area contributed by atoms with Crippen molar-refractivity contribution in [2.75, 3.05) is 26.7 Å². The lowest BCUT2D eigenvalue weighted by Crippen LogP contribution is -2.34. The van der Waals surface area contributed by atoms with Crippen molar-refractivity contribution in [2.24, 2.45) is 5.41 Å². The molecular weight excluding hydrogens is 242 g/mol. The molecule has 0 bridgehead atoms. The van der Waals surface area contributed by atoms with Gasteiger partial charge in [-0.05, 0) is 25.4 Å². The van der Waals surface area contributed by atoms with Crippen LogP contribution in [0.2, 0.25) is 0 Å². The number of nitrogens with one attached hydrogen (secondary N) is 1. The third-order valence-electron chi connectivity index (χ3n) is 3.02. The molecule has 5 heteroatoms. The van der Waals surface area contributed by atoms with Crippen molar-refractivity contribution in [3.05, 3.63) is 16.6 Å². The normalized spacial score (nSPS) is 24.7. The summed E-state index contributed by atoms with van der Waals surface area (Å²) in [5.74, 6) is 0. The standard InChI is InChI=1S/C11H19N3S.ClH/c1-11(3-4-12-7-11)8-14(2)5-10-6-15-9-13-10;/h6,9,12H,3-5,7-8H2,1-2H3;1H. The number of nitrogens with zero attached hydrogens (tertiary/aromatic N) is 2. The highest BCUT2D eigenvalue weighted by Gasteiger charge is 2.29. The summed E-state index contributed by atoms with van der Waals surface area (Å²) in [6.07, 6.45) is 1.29. The summed E-state index contributed by atoms with van der Waals surface area (Å²) in [4.78, 5) is 6.69. The first-order valence-corrected chi connectivity index (χ1v) is 6.39. The molecule has 0 spiro atoms. The second-order valence-electron chi connectivity index (χ2n) is 4.89. The van der Waals surface area contributed by atoms with Gasteiger partial charge in [0.05, 0.1) is 11.2 Å². The van der Waals surface area contributed by atoms with Crippen molar-refractivity contribution >= 4 is 23.7 Å². The Balaban J connectivity index is 0.00000128. The summed E-state index contributed by atoms with van der Waals surface area (Å²) in [7, 11) is 2.18. The molecule has 1 aliphatic heterocycles. The van der Waals surface area contributed by atoms with E-state index in [0.29, 0.717) is 5.41 Å². The van der Waals surface area contributed by atoms with E-state index in [1.807, 2.05) is 5.51 Å². The average molecular weight is 262 g/mol. The summed E-state index contributed by atoms with van der Waals surface area (Å²) in [6, 6.07) is 0. The van der Waals surface area contributed by atoms with Gasteiger partial charge in [0.25, 0.3) is 0 Å². The van der Waals surface area contributed by atoms with Crippen LogP contribution in [-0.2, 0) is 6.54 Å². The van der Waals surface area contributed by atoms with Gasteiger partial charge in [-0.25, -0.2) is 4.98 Å². The summed E-state index contributed by atoms with van der Waals surface area (Å²) < 4.78 is 0. The Kier molecular flexibility index (Phi) is 5.18. The molecule has 1 fully saturated rings. The zero-order chi connectivity index (χ0) is 10.7. The minimum Gasteiger partial charge on any atom is -0.316 e. The predicted octanol–water partition coefficient (Wildman–Crippen LogP) is 2.00. The zero-order valence-corrected chi connectivity index (χ0v) is 11.5. The van der Waals surface area contributed by atoms with E-state index < -0.39 is 0 Å². The maximum Gasteiger partial charge on any atom is 0.0795 e. The molecule has 0 radical (unpaired) electrons. The smallest absolute Gasteiger partial charge is 0.0795 e. The van der Waals surface area contributed by atoms with Gasteiger partial charge in [0.1, 0.15) is 0 Å². The van der Waals surface area contributed by atoms with Gasteiger partial charge in [-0.3, -0.25) is 4.90 Å². The molecule has 1 aromatic heterocycles. The molecular formula is C11H20ClN3S. The van der Waals surface area contributed by atoms with Crippen LogP contribution in [0.25, 0.3) is 0 Å². The molecule has 3 nitrogen and oxygen atoms in total. The molecule has 0 amide bonds. The highest BCUT2D eigenvalue weighted by atomic mass is 35.5. The first-order valence-electron chi connectivity index (χ1n) is 5.44. The Bertz CT molecular complexity index is 296. The first-order chi connectivity index (χ1) is 7.18. The van der Waals surface area contributed by atoms with Crippen LogP contribution in [0.5, 0.6) is 0 Å². The molecule has 0 saturated carbocycles. The van der Waals surface area contributed by atoms with Gasteiger partial charge >= 0.3 is 0 Å². The number of hydrogen-bond acceptors (Lipinski definition) is 4. The molecule has 16 heavy (non-hydrogen) atoms. The van der Waals surface area contributed by atoms with Gasteiger partial charge in [0, 0.05) is 25.0 Å². The van der Waals surface area contributed by atoms with Crippen LogP contribution in [0.1, 0.15) is 19.0 Å². The minimum atomic E-state index is 0. The molecule has 1 unspecified atom stereocenters. The van der Waals surface area contributed by atoms with Crippen LogP contribution in [-0.4, -0.2) is 36.6 Å². The fourth-order valence-electron chi connectivity index (χ4n) is 2.30. The van der Waals surface area contributed by atoms with Crippen molar-refractivity contribution in [2.45, 2.75) is 19.9 Å².